The molecule has 6 heteroatoms. The number of pyridine rings is 1. The van der Waals surface area contributed by atoms with Crippen LogP contribution in [0.2, 0.25) is 0 Å². The predicted octanol–water partition coefficient (Wildman–Crippen LogP) is 2.32. The Kier molecular flexibility index (Phi) is 5.87. The minimum atomic E-state index is -1.00. The van der Waals surface area contributed by atoms with Crippen molar-refractivity contribution >= 4 is 39.5 Å². The molecule has 0 atom stereocenters. The Bertz CT molecular complexity index is 446. The van der Waals surface area contributed by atoms with Crippen LogP contribution in [0.4, 0.5) is 5.82 Å². The Balaban J connectivity index is 2.59. The lowest BCUT2D eigenvalue weighted by Gasteiger charge is -2.08. The molecule has 0 aromatic carbocycles. The van der Waals surface area contributed by atoms with Crippen molar-refractivity contribution in [2.24, 2.45) is 0 Å². The number of hydrogen-bond acceptors (Lipinski definition) is 4. The first-order valence-corrected chi connectivity index (χ1v) is 6.74. The molecule has 17 heavy (non-hydrogen) atoms. The molecule has 0 aliphatic rings. The lowest BCUT2D eigenvalue weighted by Crippen LogP contribution is -2.11. The van der Waals surface area contributed by atoms with Crippen LogP contribution in [-0.2, 0) is 0 Å². The van der Waals surface area contributed by atoms with Gasteiger partial charge in [0.1, 0.15) is 11.4 Å². The number of rotatable bonds is 6. The van der Waals surface area contributed by atoms with Crippen LogP contribution >= 0.6 is 27.7 Å². The van der Waals surface area contributed by atoms with Crippen LogP contribution in [0.25, 0.3) is 0 Å². The third-order valence-electron chi connectivity index (χ3n) is 1.81. The van der Waals surface area contributed by atoms with E-state index < -0.39 is 5.97 Å². The van der Waals surface area contributed by atoms with Gasteiger partial charge in [-0.2, -0.15) is 0 Å². The Morgan fingerprint density at radius 3 is 3.12 bits per heavy atom. The first-order valence-electron chi connectivity index (χ1n) is 4.79. The second-order valence-electron chi connectivity index (χ2n) is 3.04. The highest BCUT2D eigenvalue weighted by atomic mass is 79.9. The molecule has 0 radical (unpaired) electrons. The van der Waals surface area contributed by atoms with Crippen molar-refractivity contribution in [3.05, 3.63) is 22.3 Å². The molecule has 0 saturated heterocycles. The van der Waals surface area contributed by atoms with Gasteiger partial charge >= 0.3 is 5.97 Å². The average molecular weight is 315 g/mol. The minimum absolute atomic E-state index is 0.154. The number of carboxylic acids is 1. The Morgan fingerprint density at radius 2 is 2.47 bits per heavy atom. The molecule has 1 rings (SSSR count). The molecule has 0 bridgehead atoms. The van der Waals surface area contributed by atoms with Crippen molar-refractivity contribution in [1.29, 1.82) is 0 Å². The van der Waals surface area contributed by atoms with E-state index >= 15 is 0 Å². The van der Waals surface area contributed by atoms with Crippen LogP contribution in [0.1, 0.15) is 10.4 Å². The number of carboxylic acid groups (broad SMARTS) is 1. The van der Waals surface area contributed by atoms with Crippen molar-refractivity contribution in [2.75, 3.05) is 23.4 Å². The molecule has 2 N–H and O–H groups in total. The minimum Gasteiger partial charge on any atom is -0.478 e. The van der Waals surface area contributed by atoms with E-state index in [2.05, 4.69) is 32.2 Å². The van der Waals surface area contributed by atoms with Gasteiger partial charge in [0.15, 0.2) is 0 Å². The largest absolute Gasteiger partial charge is 0.478 e. The van der Waals surface area contributed by atoms with Crippen molar-refractivity contribution < 1.29 is 9.90 Å². The maximum atomic E-state index is 11.0. The van der Waals surface area contributed by atoms with Gasteiger partial charge in [0.05, 0.1) is 5.75 Å². The highest BCUT2D eigenvalue weighted by Gasteiger charge is 2.11. The van der Waals surface area contributed by atoms with Crippen LogP contribution < -0.4 is 5.32 Å². The lowest BCUT2D eigenvalue weighted by atomic mass is 10.2. The van der Waals surface area contributed by atoms with Crippen LogP contribution in [0.3, 0.4) is 0 Å². The fraction of sp³-hybridized carbons (Fsp3) is 0.273. The zero-order valence-corrected chi connectivity index (χ0v) is 11.3. The van der Waals surface area contributed by atoms with E-state index in [9.17, 15) is 4.79 Å². The number of carbonyl (C=O) groups is 1. The van der Waals surface area contributed by atoms with Gasteiger partial charge in [0.2, 0.25) is 0 Å². The summed E-state index contributed by atoms with van der Waals surface area (Å²) in [5.41, 5.74) is 0.154. The summed E-state index contributed by atoms with van der Waals surface area (Å²) in [6, 6.07) is 1.52. The topological polar surface area (TPSA) is 62.2 Å². The summed E-state index contributed by atoms with van der Waals surface area (Å²) < 4.78 is 0.641. The lowest BCUT2D eigenvalue weighted by molar-refractivity contribution is 0.0697. The van der Waals surface area contributed by atoms with E-state index in [1.807, 2.05) is 0 Å². The van der Waals surface area contributed by atoms with Gasteiger partial charge in [-0.25, -0.2) is 9.78 Å². The molecule has 1 aromatic rings. The maximum Gasteiger partial charge on any atom is 0.339 e. The molecule has 1 heterocycles. The molecule has 0 spiro atoms. The molecule has 4 nitrogen and oxygen atoms in total. The quantitative estimate of drug-likeness (QED) is 0.623. The number of halogens is 1. The summed E-state index contributed by atoms with van der Waals surface area (Å²) in [6.07, 6.45) is 6.67. The Morgan fingerprint density at radius 1 is 1.71 bits per heavy atom. The average Bonchev–Trinajstić information content (AvgIpc) is 2.30. The summed E-state index contributed by atoms with van der Waals surface area (Å²) in [7, 11) is 0. The summed E-state index contributed by atoms with van der Waals surface area (Å²) in [5, 5.41) is 12.0. The van der Waals surface area contributed by atoms with Gasteiger partial charge < -0.3 is 10.4 Å². The standard InChI is InChI=1S/C11H11BrN2O2S/c1-2-4-17-5-3-13-10-9(11(15)16)6-8(12)7-14-10/h1,6-7H,3-5H2,(H,13,14)(H,15,16). The molecule has 0 amide bonds. The second kappa shape index (κ2) is 7.20. The Labute approximate surface area is 112 Å². The van der Waals surface area contributed by atoms with Crippen molar-refractivity contribution in [1.82, 2.24) is 4.98 Å². The molecule has 0 unspecified atom stereocenters. The number of nitrogens with zero attached hydrogens (tertiary/aromatic N) is 1. The third kappa shape index (κ3) is 4.67. The molecular formula is C11H11BrN2O2S. The predicted molar refractivity (Wildman–Crippen MR) is 73.5 cm³/mol. The molecule has 0 aliphatic heterocycles. The molecule has 1 aromatic heterocycles. The number of nitrogens with one attached hydrogen (secondary N) is 1. The number of anilines is 1. The van der Waals surface area contributed by atoms with E-state index in [1.165, 1.54) is 6.07 Å². The number of aromatic carboxylic acids is 1. The third-order valence-corrected chi connectivity index (χ3v) is 3.11. The Hall–Kier alpha value is -1.19. The van der Waals surface area contributed by atoms with E-state index in [0.29, 0.717) is 22.6 Å². The highest BCUT2D eigenvalue weighted by Crippen LogP contribution is 2.18. The number of aromatic nitrogens is 1. The summed E-state index contributed by atoms with van der Waals surface area (Å²) >= 11 is 4.79. The first kappa shape index (κ1) is 13.9. The van der Waals surface area contributed by atoms with Gasteiger partial charge in [0, 0.05) is 23.0 Å². The monoisotopic (exact) mass is 314 g/mol. The van der Waals surface area contributed by atoms with Crippen molar-refractivity contribution in [3.8, 4) is 12.3 Å². The number of thioether (sulfide) groups is 1. The van der Waals surface area contributed by atoms with Crippen molar-refractivity contribution in [3.63, 3.8) is 0 Å². The fourth-order valence-electron chi connectivity index (χ4n) is 1.12. The maximum absolute atomic E-state index is 11.0. The zero-order valence-electron chi connectivity index (χ0n) is 8.94. The van der Waals surface area contributed by atoms with Crippen LogP contribution in [0.15, 0.2) is 16.7 Å². The van der Waals surface area contributed by atoms with Gasteiger partial charge in [-0.15, -0.1) is 18.2 Å². The van der Waals surface area contributed by atoms with Gasteiger partial charge in [-0.1, -0.05) is 5.92 Å². The SMILES string of the molecule is C#CCSCCNc1ncc(Br)cc1C(=O)O. The summed E-state index contributed by atoms with van der Waals surface area (Å²) in [4.78, 5) is 15.0. The van der Waals surface area contributed by atoms with Crippen LogP contribution in [0.5, 0.6) is 0 Å². The van der Waals surface area contributed by atoms with E-state index in [0.717, 1.165) is 5.75 Å². The zero-order chi connectivity index (χ0) is 12.7. The summed E-state index contributed by atoms with van der Waals surface area (Å²) in [5.74, 6) is 3.36. The second-order valence-corrected chi connectivity index (χ2v) is 5.06. The van der Waals surface area contributed by atoms with Gasteiger partial charge in [0.25, 0.3) is 0 Å². The number of hydrogen-bond donors (Lipinski definition) is 2. The molecule has 0 fully saturated rings. The molecule has 90 valence electrons. The first-order chi connectivity index (χ1) is 8.15. The van der Waals surface area contributed by atoms with Crippen molar-refractivity contribution in [2.45, 2.75) is 0 Å². The molecule has 0 saturated carbocycles. The fourth-order valence-corrected chi connectivity index (χ4v) is 1.96. The highest BCUT2D eigenvalue weighted by molar-refractivity contribution is 9.10. The van der Waals surface area contributed by atoms with E-state index in [1.54, 1.807) is 18.0 Å². The van der Waals surface area contributed by atoms with E-state index in [-0.39, 0.29) is 5.56 Å². The molecule has 0 aliphatic carbocycles. The van der Waals surface area contributed by atoms with Crippen LogP contribution in [-0.4, -0.2) is 34.1 Å². The van der Waals surface area contributed by atoms with Gasteiger partial charge in [-0.05, 0) is 22.0 Å². The van der Waals surface area contributed by atoms with Crippen LogP contribution in [0, 0.1) is 12.3 Å². The normalized spacial score (nSPS) is 9.65. The van der Waals surface area contributed by atoms with E-state index in [4.69, 9.17) is 11.5 Å². The molecular weight excluding hydrogens is 304 g/mol. The van der Waals surface area contributed by atoms with Gasteiger partial charge in [-0.3, -0.25) is 0 Å². The smallest absolute Gasteiger partial charge is 0.339 e. The number of terminal acetylenes is 1. The summed E-state index contributed by atoms with van der Waals surface area (Å²) in [6.45, 7) is 0.626.